The quantitative estimate of drug-likeness (QED) is 0.576. The summed E-state index contributed by atoms with van der Waals surface area (Å²) in [4.78, 5) is 24.1. The van der Waals surface area contributed by atoms with Crippen LogP contribution < -0.4 is 4.90 Å². The number of hydrogen-bond acceptors (Lipinski definition) is 4. The molecule has 0 aliphatic heterocycles. The number of carbonyl (C=O) groups is 2. The monoisotopic (exact) mass is 345 g/mol. The highest BCUT2D eigenvalue weighted by Gasteiger charge is 2.31. The zero-order chi connectivity index (χ0) is 18.5. The number of benzene rings is 1. The molecular formula is C17H22F3NO3. The molecule has 0 radical (unpaired) electrons. The number of alkyl halides is 3. The first kappa shape index (κ1) is 20.0. The number of aldehydes is 1. The SMILES string of the molecule is CN(CCCC(=O)OC(C)(C)C)c1cc(C=O)cc(C(F)(F)F)c1. The molecule has 0 fully saturated rings. The normalized spacial score (nSPS) is 12.0. The van der Waals surface area contributed by atoms with Crippen molar-refractivity contribution in [1.82, 2.24) is 0 Å². The molecule has 134 valence electrons. The first-order valence-corrected chi connectivity index (χ1v) is 7.53. The van der Waals surface area contributed by atoms with Crippen LogP contribution in [0.1, 0.15) is 49.5 Å². The van der Waals surface area contributed by atoms with Gasteiger partial charge in [0.15, 0.2) is 0 Å². The Labute approximate surface area is 139 Å². The molecule has 0 unspecified atom stereocenters. The predicted molar refractivity (Wildman–Crippen MR) is 85.2 cm³/mol. The van der Waals surface area contributed by atoms with Crippen LogP contribution in [-0.2, 0) is 15.7 Å². The minimum absolute atomic E-state index is 0.0428. The van der Waals surface area contributed by atoms with Gasteiger partial charge in [-0.25, -0.2) is 0 Å². The van der Waals surface area contributed by atoms with Crippen LogP contribution in [0.25, 0.3) is 0 Å². The van der Waals surface area contributed by atoms with Crippen molar-refractivity contribution in [3.8, 4) is 0 Å². The fourth-order valence-electron chi connectivity index (χ4n) is 2.07. The number of carbonyl (C=O) groups excluding carboxylic acids is 2. The predicted octanol–water partition coefficient (Wildman–Crippen LogP) is 4.08. The number of hydrogen-bond donors (Lipinski definition) is 0. The molecule has 0 spiro atoms. The van der Waals surface area contributed by atoms with Crippen molar-refractivity contribution < 1.29 is 27.5 Å². The number of nitrogens with zero attached hydrogens (tertiary/aromatic N) is 1. The molecule has 0 aromatic heterocycles. The van der Waals surface area contributed by atoms with Crippen LogP contribution in [0.4, 0.5) is 18.9 Å². The third kappa shape index (κ3) is 6.60. The van der Waals surface area contributed by atoms with E-state index in [2.05, 4.69) is 0 Å². The molecule has 0 heterocycles. The number of ether oxygens (including phenoxy) is 1. The van der Waals surface area contributed by atoms with Crippen LogP contribution in [-0.4, -0.2) is 31.4 Å². The molecular weight excluding hydrogens is 323 g/mol. The van der Waals surface area contributed by atoms with Crippen LogP contribution in [0.5, 0.6) is 0 Å². The van der Waals surface area contributed by atoms with Gasteiger partial charge in [-0.15, -0.1) is 0 Å². The molecule has 24 heavy (non-hydrogen) atoms. The Hall–Kier alpha value is -2.05. The van der Waals surface area contributed by atoms with Crippen LogP contribution in [0.2, 0.25) is 0 Å². The minimum atomic E-state index is -4.52. The van der Waals surface area contributed by atoms with E-state index in [1.165, 1.54) is 6.07 Å². The van der Waals surface area contributed by atoms with E-state index in [-0.39, 0.29) is 23.6 Å². The zero-order valence-electron chi connectivity index (χ0n) is 14.2. The van der Waals surface area contributed by atoms with Crippen LogP contribution in [0.3, 0.4) is 0 Å². The minimum Gasteiger partial charge on any atom is -0.460 e. The number of anilines is 1. The summed E-state index contributed by atoms with van der Waals surface area (Å²) in [5.41, 5.74) is -1.21. The van der Waals surface area contributed by atoms with E-state index < -0.39 is 17.3 Å². The summed E-state index contributed by atoms with van der Waals surface area (Å²) in [5.74, 6) is -0.353. The molecule has 1 aromatic carbocycles. The summed E-state index contributed by atoms with van der Waals surface area (Å²) in [6.45, 7) is 5.65. The Morgan fingerprint density at radius 2 is 1.83 bits per heavy atom. The van der Waals surface area contributed by atoms with E-state index in [0.717, 1.165) is 12.1 Å². The molecule has 0 N–H and O–H groups in total. The molecule has 0 atom stereocenters. The van der Waals surface area contributed by atoms with Gasteiger partial charge in [-0.1, -0.05) is 0 Å². The van der Waals surface area contributed by atoms with Gasteiger partial charge in [0.25, 0.3) is 0 Å². The van der Waals surface area contributed by atoms with Crippen molar-refractivity contribution in [2.24, 2.45) is 0 Å². The average molecular weight is 345 g/mol. The maximum absolute atomic E-state index is 12.9. The Morgan fingerprint density at radius 3 is 2.33 bits per heavy atom. The lowest BCUT2D eigenvalue weighted by Crippen LogP contribution is -2.25. The van der Waals surface area contributed by atoms with Crippen molar-refractivity contribution in [3.05, 3.63) is 29.3 Å². The Balaban J connectivity index is 2.72. The molecule has 0 amide bonds. The second kappa shape index (κ2) is 7.68. The van der Waals surface area contributed by atoms with Crippen molar-refractivity contribution in [2.45, 2.75) is 45.4 Å². The van der Waals surface area contributed by atoms with E-state index in [1.54, 1.807) is 32.7 Å². The largest absolute Gasteiger partial charge is 0.460 e. The van der Waals surface area contributed by atoms with E-state index in [1.807, 2.05) is 0 Å². The maximum atomic E-state index is 12.9. The fraction of sp³-hybridized carbons (Fsp3) is 0.529. The van der Waals surface area contributed by atoms with Crippen molar-refractivity contribution in [3.63, 3.8) is 0 Å². The van der Waals surface area contributed by atoms with E-state index in [4.69, 9.17) is 4.74 Å². The molecule has 0 bridgehead atoms. The molecule has 7 heteroatoms. The molecule has 1 rings (SSSR count). The third-order valence-electron chi connectivity index (χ3n) is 3.14. The van der Waals surface area contributed by atoms with Gasteiger partial charge < -0.3 is 9.64 Å². The molecule has 0 saturated carbocycles. The van der Waals surface area contributed by atoms with Crippen molar-refractivity contribution >= 4 is 17.9 Å². The summed E-state index contributed by atoms with van der Waals surface area (Å²) < 4.78 is 43.8. The summed E-state index contributed by atoms with van der Waals surface area (Å²) in [6, 6.07) is 3.18. The zero-order valence-corrected chi connectivity index (χ0v) is 14.2. The van der Waals surface area contributed by atoms with Gasteiger partial charge in [0, 0.05) is 31.3 Å². The first-order valence-electron chi connectivity index (χ1n) is 7.53. The molecule has 0 saturated heterocycles. The summed E-state index contributed by atoms with van der Waals surface area (Å²) >= 11 is 0. The average Bonchev–Trinajstić information content (AvgIpc) is 2.43. The van der Waals surface area contributed by atoms with Crippen LogP contribution >= 0.6 is 0 Å². The molecule has 4 nitrogen and oxygen atoms in total. The number of esters is 1. The number of halogens is 3. The first-order chi connectivity index (χ1) is 10.9. The van der Waals surface area contributed by atoms with Crippen molar-refractivity contribution in [1.29, 1.82) is 0 Å². The highest BCUT2D eigenvalue weighted by atomic mass is 19.4. The Bertz CT molecular complexity index is 592. The second-order valence-corrected chi connectivity index (χ2v) is 6.54. The summed E-state index contributed by atoms with van der Waals surface area (Å²) in [5, 5.41) is 0. The standard InChI is InChI=1S/C17H22F3NO3/c1-16(2,3)24-15(23)6-5-7-21(4)14-9-12(11-22)8-13(10-14)17(18,19)20/h8-11H,5-7H2,1-4H3. The second-order valence-electron chi connectivity index (χ2n) is 6.54. The lowest BCUT2D eigenvalue weighted by atomic mass is 10.1. The molecule has 1 aromatic rings. The van der Waals surface area contributed by atoms with E-state index in [0.29, 0.717) is 19.3 Å². The van der Waals surface area contributed by atoms with Gasteiger partial charge in [0.05, 0.1) is 5.56 Å². The topological polar surface area (TPSA) is 46.6 Å². The highest BCUT2D eigenvalue weighted by Crippen LogP contribution is 2.32. The highest BCUT2D eigenvalue weighted by molar-refractivity contribution is 5.78. The van der Waals surface area contributed by atoms with Gasteiger partial charge in [0.2, 0.25) is 0 Å². The fourth-order valence-corrected chi connectivity index (χ4v) is 2.07. The summed E-state index contributed by atoms with van der Waals surface area (Å²) in [7, 11) is 1.61. The smallest absolute Gasteiger partial charge is 0.416 e. The van der Waals surface area contributed by atoms with Gasteiger partial charge >= 0.3 is 12.1 Å². The van der Waals surface area contributed by atoms with Crippen LogP contribution in [0.15, 0.2) is 18.2 Å². The van der Waals surface area contributed by atoms with Gasteiger partial charge in [-0.3, -0.25) is 9.59 Å². The Kier molecular flexibility index (Phi) is 6.40. The molecule has 0 aliphatic rings. The Morgan fingerprint density at radius 1 is 1.21 bits per heavy atom. The molecule has 0 aliphatic carbocycles. The lowest BCUT2D eigenvalue weighted by molar-refractivity contribution is -0.154. The van der Waals surface area contributed by atoms with Crippen LogP contribution in [0, 0.1) is 0 Å². The summed E-state index contributed by atoms with van der Waals surface area (Å²) in [6.07, 6.45) is -3.54. The van der Waals surface area contributed by atoms with E-state index in [9.17, 15) is 22.8 Å². The maximum Gasteiger partial charge on any atom is 0.416 e. The van der Waals surface area contributed by atoms with E-state index >= 15 is 0 Å². The third-order valence-corrected chi connectivity index (χ3v) is 3.14. The van der Waals surface area contributed by atoms with Crippen molar-refractivity contribution in [2.75, 3.05) is 18.5 Å². The lowest BCUT2D eigenvalue weighted by Gasteiger charge is -2.22. The number of rotatable bonds is 6. The van der Waals surface area contributed by atoms with Gasteiger partial charge in [0.1, 0.15) is 11.9 Å². The van der Waals surface area contributed by atoms with Gasteiger partial charge in [-0.2, -0.15) is 13.2 Å². The van der Waals surface area contributed by atoms with Gasteiger partial charge in [-0.05, 0) is 45.4 Å².